The number of carbonyl (C=O) groups is 1. The number of rotatable bonds is 6. The van der Waals surface area contributed by atoms with Gasteiger partial charge in [-0.05, 0) is 30.7 Å². The number of methoxy groups -OCH3 is 1. The van der Waals surface area contributed by atoms with Crippen LogP contribution in [0.3, 0.4) is 0 Å². The molecule has 0 bridgehead atoms. The molecular weight excluding hydrogens is 258 g/mol. The number of hydrogen-bond donors (Lipinski definition) is 1. The molecule has 0 amide bonds. The third-order valence-electron chi connectivity index (χ3n) is 2.15. The van der Waals surface area contributed by atoms with Crippen LogP contribution in [0, 0.1) is 0 Å². The molecule has 0 radical (unpaired) electrons. The maximum absolute atomic E-state index is 11.4. The lowest BCUT2D eigenvalue weighted by Gasteiger charge is -2.14. The highest BCUT2D eigenvalue weighted by molar-refractivity contribution is 7.80. The second kappa shape index (κ2) is 6.97. The lowest BCUT2D eigenvalue weighted by atomic mass is 10.1. The molecule has 1 aromatic carbocycles. The van der Waals surface area contributed by atoms with Gasteiger partial charge in [0.15, 0.2) is 0 Å². The fourth-order valence-corrected chi connectivity index (χ4v) is 1.78. The number of hydrogen-bond acceptors (Lipinski definition) is 5. The van der Waals surface area contributed by atoms with E-state index >= 15 is 0 Å². The molecule has 0 fully saturated rings. The SMILES string of the molecule is CCOC(=O)Cc1cc(OC)ccc1NS(=O)[O-]. The number of benzene rings is 1. The molecule has 1 N–H and O–H groups in total. The first kappa shape index (κ1) is 14.5. The summed E-state index contributed by atoms with van der Waals surface area (Å²) in [7, 11) is 1.49. The first-order valence-corrected chi connectivity index (χ1v) is 6.32. The quantitative estimate of drug-likeness (QED) is 0.616. The normalized spacial score (nSPS) is 11.7. The van der Waals surface area contributed by atoms with Crippen LogP contribution in [-0.2, 0) is 27.2 Å². The van der Waals surface area contributed by atoms with Gasteiger partial charge in [0.1, 0.15) is 5.75 Å². The molecule has 1 unspecified atom stereocenters. The van der Waals surface area contributed by atoms with Crippen LogP contribution in [-0.4, -0.2) is 28.4 Å². The Morgan fingerprint density at radius 1 is 1.50 bits per heavy atom. The standard InChI is InChI=1S/C11H15NO5S/c1-3-17-11(13)7-8-6-9(16-2)4-5-10(8)12-18(14)15/h4-6,12H,3,7H2,1-2H3,(H,14,15)/p-1. The Hall–Kier alpha value is -1.60. The van der Waals surface area contributed by atoms with Crippen molar-refractivity contribution >= 4 is 22.9 Å². The van der Waals surface area contributed by atoms with E-state index in [1.807, 2.05) is 0 Å². The van der Waals surface area contributed by atoms with Crippen LogP contribution in [0.4, 0.5) is 5.69 Å². The molecule has 0 aliphatic carbocycles. The molecule has 1 atom stereocenters. The van der Waals surface area contributed by atoms with E-state index in [2.05, 4.69) is 4.72 Å². The van der Waals surface area contributed by atoms with E-state index in [1.165, 1.54) is 13.2 Å². The second-order valence-corrected chi connectivity index (χ2v) is 4.02. The number of nitrogens with one attached hydrogen (secondary N) is 1. The first-order chi connectivity index (χ1) is 8.56. The Bertz CT molecular complexity index is 449. The summed E-state index contributed by atoms with van der Waals surface area (Å²) < 4.78 is 33.3. The molecule has 18 heavy (non-hydrogen) atoms. The summed E-state index contributed by atoms with van der Waals surface area (Å²) in [5.74, 6) is 0.113. The van der Waals surface area contributed by atoms with E-state index in [9.17, 15) is 13.6 Å². The smallest absolute Gasteiger partial charge is 0.310 e. The average molecular weight is 272 g/mol. The molecule has 1 rings (SSSR count). The largest absolute Gasteiger partial charge is 0.755 e. The summed E-state index contributed by atoms with van der Waals surface area (Å²) in [6.07, 6.45) is -0.0232. The predicted octanol–water partition coefficient (Wildman–Crippen LogP) is 1.01. The van der Waals surface area contributed by atoms with Crippen LogP contribution >= 0.6 is 0 Å². The summed E-state index contributed by atoms with van der Waals surface area (Å²) in [4.78, 5) is 11.4. The summed E-state index contributed by atoms with van der Waals surface area (Å²) in [6.45, 7) is 1.98. The summed E-state index contributed by atoms with van der Waals surface area (Å²) >= 11 is -2.45. The lowest BCUT2D eigenvalue weighted by molar-refractivity contribution is -0.142. The lowest BCUT2D eigenvalue weighted by Crippen LogP contribution is -2.11. The summed E-state index contributed by atoms with van der Waals surface area (Å²) in [6, 6.07) is 4.72. The van der Waals surface area contributed by atoms with Crippen LogP contribution in [0.1, 0.15) is 12.5 Å². The molecule has 0 spiro atoms. The van der Waals surface area contributed by atoms with E-state index < -0.39 is 17.2 Å². The van der Waals surface area contributed by atoms with Gasteiger partial charge in [-0.25, -0.2) is 0 Å². The average Bonchev–Trinajstić information content (AvgIpc) is 2.31. The fourth-order valence-electron chi connectivity index (χ4n) is 1.40. The second-order valence-electron chi connectivity index (χ2n) is 3.34. The van der Waals surface area contributed by atoms with Crippen LogP contribution in [0.15, 0.2) is 18.2 Å². The molecule has 100 valence electrons. The Morgan fingerprint density at radius 2 is 2.22 bits per heavy atom. The fraction of sp³-hybridized carbons (Fsp3) is 0.364. The monoisotopic (exact) mass is 272 g/mol. The van der Waals surface area contributed by atoms with Gasteiger partial charge >= 0.3 is 5.97 Å². The predicted molar refractivity (Wildman–Crippen MR) is 65.9 cm³/mol. The molecule has 0 aromatic heterocycles. The zero-order chi connectivity index (χ0) is 13.5. The Balaban J connectivity index is 2.95. The minimum atomic E-state index is -2.45. The highest BCUT2D eigenvalue weighted by atomic mass is 32.2. The van der Waals surface area contributed by atoms with Crippen molar-refractivity contribution in [3.8, 4) is 5.75 Å². The number of ether oxygens (including phenoxy) is 2. The zero-order valence-electron chi connectivity index (χ0n) is 10.1. The van der Waals surface area contributed by atoms with Crippen LogP contribution in [0.25, 0.3) is 0 Å². The van der Waals surface area contributed by atoms with Gasteiger partial charge in [0, 0.05) is 17.0 Å². The zero-order valence-corrected chi connectivity index (χ0v) is 10.9. The van der Waals surface area contributed by atoms with Gasteiger partial charge < -0.3 is 18.7 Å². The van der Waals surface area contributed by atoms with Crippen molar-refractivity contribution in [2.45, 2.75) is 13.3 Å². The number of esters is 1. The van der Waals surface area contributed by atoms with Crippen molar-refractivity contribution in [2.24, 2.45) is 0 Å². The third-order valence-corrected chi connectivity index (χ3v) is 2.53. The third kappa shape index (κ3) is 4.34. The first-order valence-electron chi connectivity index (χ1n) is 5.25. The summed E-state index contributed by atoms with van der Waals surface area (Å²) in [5, 5.41) is 0. The van der Waals surface area contributed by atoms with Crippen LogP contribution < -0.4 is 9.46 Å². The molecule has 0 aliphatic rings. The van der Waals surface area contributed by atoms with Crippen LogP contribution in [0.5, 0.6) is 5.75 Å². The highest BCUT2D eigenvalue weighted by Crippen LogP contribution is 2.23. The molecule has 1 aromatic rings. The molecule has 6 nitrogen and oxygen atoms in total. The molecule has 7 heteroatoms. The molecule has 0 heterocycles. The Morgan fingerprint density at radius 3 is 2.78 bits per heavy atom. The van der Waals surface area contributed by atoms with Gasteiger partial charge in [-0.1, -0.05) is 0 Å². The molecule has 0 aliphatic heterocycles. The number of carbonyl (C=O) groups excluding carboxylic acids is 1. The van der Waals surface area contributed by atoms with Gasteiger partial charge in [-0.3, -0.25) is 9.00 Å². The molecule has 0 saturated heterocycles. The van der Waals surface area contributed by atoms with Gasteiger partial charge in [0.2, 0.25) is 0 Å². The van der Waals surface area contributed by atoms with Gasteiger partial charge in [-0.2, -0.15) is 0 Å². The van der Waals surface area contributed by atoms with E-state index in [4.69, 9.17) is 9.47 Å². The topological polar surface area (TPSA) is 87.7 Å². The van der Waals surface area contributed by atoms with Crippen molar-refractivity contribution in [1.29, 1.82) is 0 Å². The van der Waals surface area contributed by atoms with E-state index in [0.717, 1.165) is 0 Å². The van der Waals surface area contributed by atoms with Gasteiger partial charge in [0.05, 0.1) is 20.1 Å². The number of anilines is 1. The van der Waals surface area contributed by atoms with Crippen molar-refractivity contribution in [1.82, 2.24) is 0 Å². The Kier molecular flexibility index (Phi) is 5.60. The maximum atomic E-state index is 11.4. The van der Waals surface area contributed by atoms with Crippen molar-refractivity contribution in [3.63, 3.8) is 0 Å². The van der Waals surface area contributed by atoms with Crippen molar-refractivity contribution in [2.75, 3.05) is 18.4 Å². The highest BCUT2D eigenvalue weighted by Gasteiger charge is 2.10. The molecular formula is C11H14NO5S-. The summed E-state index contributed by atoms with van der Waals surface area (Å²) in [5.41, 5.74) is 0.828. The van der Waals surface area contributed by atoms with Crippen molar-refractivity contribution in [3.05, 3.63) is 23.8 Å². The van der Waals surface area contributed by atoms with Crippen LogP contribution in [0.2, 0.25) is 0 Å². The van der Waals surface area contributed by atoms with E-state index in [0.29, 0.717) is 17.0 Å². The van der Waals surface area contributed by atoms with Gasteiger partial charge in [-0.15, -0.1) is 0 Å². The Labute approximate surface area is 108 Å². The minimum Gasteiger partial charge on any atom is -0.755 e. The minimum absolute atomic E-state index is 0.0232. The maximum Gasteiger partial charge on any atom is 0.310 e. The van der Waals surface area contributed by atoms with Crippen molar-refractivity contribution < 1.29 is 23.0 Å². The van der Waals surface area contributed by atoms with E-state index in [-0.39, 0.29) is 13.0 Å². The van der Waals surface area contributed by atoms with Gasteiger partial charge in [0.25, 0.3) is 0 Å². The molecule has 0 saturated carbocycles. The van der Waals surface area contributed by atoms with E-state index in [1.54, 1.807) is 19.1 Å².